The Morgan fingerprint density at radius 2 is 1.82 bits per heavy atom. The van der Waals surface area contributed by atoms with Gasteiger partial charge in [0, 0.05) is 6.61 Å². The van der Waals surface area contributed by atoms with E-state index in [0.717, 1.165) is 31.4 Å². The van der Waals surface area contributed by atoms with Crippen molar-refractivity contribution in [3.63, 3.8) is 0 Å². The van der Waals surface area contributed by atoms with Crippen LogP contribution in [0, 0.1) is 16.6 Å². The minimum atomic E-state index is -0.124. The molecule has 2 rings (SSSR count). The standard InChI is InChI=1S/C20H31FO/c1-19(2,3)12-15-8-9-17(21)11-16(15)13-20(4,5)14-18-7-6-10-22-18/h8-9,11,18H,6-7,10,12-14H2,1-5H3. The summed E-state index contributed by atoms with van der Waals surface area (Å²) in [4.78, 5) is 0. The summed E-state index contributed by atoms with van der Waals surface area (Å²) in [6.45, 7) is 12.2. The molecule has 1 aliphatic heterocycles. The Kier molecular flexibility index (Phi) is 5.32. The van der Waals surface area contributed by atoms with E-state index < -0.39 is 0 Å². The van der Waals surface area contributed by atoms with E-state index in [9.17, 15) is 4.39 Å². The lowest BCUT2D eigenvalue weighted by Crippen LogP contribution is -2.23. The van der Waals surface area contributed by atoms with E-state index in [1.165, 1.54) is 18.4 Å². The molecule has 1 unspecified atom stereocenters. The molecule has 1 saturated heterocycles. The molecular weight excluding hydrogens is 275 g/mol. The maximum atomic E-state index is 13.7. The van der Waals surface area contributed by atoms with Gasteiger partial charge in [-0.05, 0) is 66.2 Å². The average molecular weight is 306 g/mol. The fourth-order valence-electron chi connectivity index (χ4n) is 3.51. The van der Waals surface area contributed by atoms with E-state index in [2.05, 4.69) is 34.6 Å². The molecule has 0 N–H and O–H groups in total. The highest BCUT2D eigenvalue weighted by atomic mass is 19.1. The molecule has 1 aromatic rings. The van der Waals surface area contributed by atoms with Crippen LogP contribution in [0.5, 0.6) is 0 Å². The fraction of sp³-hybridized carbons (Fsp3) is 0.700. The van der Waals surface area contributed by atoms with Gasteiger partial charge in [0.25, 0.3) is 0 Å². The third-order valence-electron chi connectivity index (χ3n) is 4.36. The lowest BCUT2D eigenvalue weighted by molar-refractivity contribution is 0.0714. The zero-order valence-corrected chi connectivity index (χ0v) is 14.8. The Bertz CT molecular complexity index is 493. The van der Waals surface area contributed by atoms with Crippen LogP contribution < -0.4 is 0 Å². The maximum Gasteiger partial charge on any atom is 0.123 e. The normalized spacial score (nSPS) is 19.6. The summed E-state index contributed by atoms with van der Waals surface area (Å²) in [5.41, 5.74) is 2.80. The van der Waals surface area contributed by atoms with Crippen LogP contribution in [0.3, 0.4) is 0 Å². The summed E-state index contributed by atoms with van der Waals surface area (Å²) in [7, 11) is 0. The highest BCUT2D eigenvalue weighted by molar-refractivity contribution is 5.30. The Morgan fingerprint density at radius 3 is 2.41 bits per heavy atom. The van der Waals surface area contributed by atoms with Crippen molar-refractivity contribution in [3.05, 3.63) is 35.1 Å². The topological polar surface area (TPSA) is 9.23 Å². The van der Waals surface area contributed by atoms with Crippen molar-refractivity contribution in [2.24, 2.45) is 10.8 Å². The van der Waals surface area contributed by atoms with Gasteiger partial charge >= 0.3 is 0 Å². The molecule has 0 saturated carbocycles. The third-order valence-corrected chi connectivity index (χ3v) is 4.36. The monoisotopic (exact) mass is 306 g/mol. The Labute approximate surface area is 135 Å². The zero-order chi connectivity index (χ0) is 16.4. The van der Waals surface area contributed by atoms with Crippen LogP contribution >= 0.6 is 0 Å². The number of halogens is 1. The molecule has 1 atom stereocenters. The van der Waals surface area contributed by atoms with Crippen LogP contribution in [0.2, 0.25) is 0 Å². The molecular formula is C20H31FO. The summed E-state index contributed by atoms with van der Waals surface area (Å²) in [6, 6.07) is 5.30. The molecule has 1 nitrogen and oxygen atoms in total. The minimum absolute atomic E-state index is 0.124. The second kappa shape index (κ2) is 6.70. The van der Waals surface area contributed by atoms with Gasteiger partial charge in [-0.3, -0.25) is 0 Å². The molecule has 1 aromatic carbocycles. The summed E-state index contributed by atoms with van der Waals surface area (Å²) in [5.74, 6) is -0.124. The van der Waals surface area contributed by atoms with Crippen molar-refractivity contribution < 1.29 is 9.13 Å². The number of hydrogen-bond donors (Lipinski definition) is 0. The van der Waals surface area contributed by atoms with Gasteiger partial charge in [-0.1, -0.05) is 40.7 Å². The molecule has 1 fully saturated rings. The van der Waals surface area contributed by atoms with E-state index in [-0.39, 0.29) is 16.6 Å². The van der Waals surface area contributed by atoms with Crippen molar-refractivity contribution in [3.8, 4) is 0 Å². The van der Waals surface area contributed by atoms with Gasteiger partial charge < -0.3 is 4.74 Å². The molecule has 1 heterocycles. The zero-order valence-electron chi connectivity index (χ0n) is 14.8. The molecule has 0 spiro atoms. The molecule has 2 heteroatoms. The van der Waals surface area contributed by atoms with Crippen LogP contribution in [0.15, 0.2) is 18.2 Å². The van der Waals surface area contributed by atoms with Crippen LogP contribution in [0.1, 0.15) is 65.0 Å². The van der Waals surface area contributed by atoms with Crippen molar-refractivity contribution in [2.75, 3.05) is 6.61 Å². The molecule has 0 radical (unpaired) electrons. The SMILES string of the molecule is CC(C)(C)Cc1ccc(F)cc1CC(C)(C)CC1CCCO1. The summed E-state index contributed by atoms with van der Waals surface area (Å²) in [5, 5.41) is 0. The molecule has 0 aliphatic carbocycles. The van der Waals surface area contributed by atoms with E-state index >= 15 is 0 Å². The third kappa shape index (κ3) is 5.39. The smallest absolute Gasteiger partial charge is 0.123 e. The highest BCUT2D eigenvalue weighted by Gasteiger charge is 2.28. The van der Waals surface area contributed by atoms with Crippen LogP contribution in [-0.2, 0) is 17.6 Å². The first-order valence-electron chi connectivity index (χ1n) is 8.54. The lowest BCUT2D eigenvalue weighted by atomic mass is 9.77. The van der Waals surface area contributed by atoms with Gasteiger partial charge in [0.15, 0.2) is 0 Å². The largest absolute Gasteiger partial charge is 0.378 e. The lowest BCUT2D eigenvalue weighted by Gasteiger charge is -2.29. The van der Waals surface area contributed by atoms with Gasteiger partial charge in [0.05, 0.1) is 6.10 Å². The van der Waals surface area contributed by atoms with E-state index in [0.29, 0.717) is 6.10 Å². The highest BCUT2D eigenvalue weighted by Crippen LogP contribution is 2.34. The fourth-order valence-corrected chi connectivity index (χ4v) is 3.51. The Balaban J connectivity index is 2.14. The minimum Gasteiger partial charge on any atom is -0.378 e. The molecule has 124 valence electrons. The number of rotatable bonds is 5. The van der Waals surface area contributed by atoms with Gasteiger partial charge in [-0.25, -0.2) is 4.39 Å². The average Bonchev–Trinajstić information content (AvgIpc) is 2.82. The van der Waals surface area contributed by atoms with Gasteiger partial charge in [-0.2, -0.15) is 0 Å². The predicted molar refractivity (Wildman–Crippen MR) is 90.6 cm³/mol. The molecule has 0 bridgehead atoms. The Morgan fingerprint density at radius 1 is 1.09 bits per heavy atom. The van der Waals surface area contributed by atoms with Crippen molar-refractivity contribution in [2.45, 2.75) is 72.8 Å². The van der Waals surface area contributed by atoms with Crippen LogP contribution in [-0.4, -0.2) is 12.7 Å². The first-order chi connectivity index (χ1) is 10.1. The quantitative estimate of drug-likeness (QED) is 0.693. The number of hydrogen-bond acceptors (Lipinski definition) is 1. The van der Waals surface area contributed by atoms with Crippen molar-refractivity contribution >= 4 is 0 Å². The van der Waals surface area contributed by atoms with E-state index in [4.69, 9.17) is 4.74 Å². The van der Waals surface area contributed by atoms with Crippen LogP contribution in [0.25, 0.3) is 0 Å². The summed E-state index contributed by atoms with van der Waals surface area (Å²) < 4.78 is 19.5. The predicted octanol–water partition coefficient (Wildman–Crippen LogP) is 5.55. The summed E-state index contributed by atoms with van der Waals surface area (Å²) >= 11 is 0. The molecule has 0 amide bonds. The second-order valence-electron chi connectivity index (χ2n) is 8.83. The van der Waals surface area contributed by atoms with Gasteiger partial charge in [-0.15, -0.1) is 0 Å². The number of ether oxygens (including phenoxy) is 1. The molecule has 0 aromatic heterocycles. The van der Waals surface area contributed by atoms with E-state index in [1.54, 1.807) is 12.1 Å². The summed E-state index contributed by atoms with van der Waals surface area (Å²) in [6.07, 6.45) is 5.68. The molecule has 1 aliphatic rings. The van der Waals surface area contributed by atoms with E-state index in [1.807, 2.05) is 6.07 Å². The first-order valence-corrected chi connectivity index (χ1v) is 8.54. The van der Waals surface area contributed by atoms with Gasteiger partial charge in [0.2, 0.25) is 0 Å². The molecule has 22 heavy (non-hydrogen) atoms. The number of benzene rings is 1. The van der Waals surface area contributed by atoms with Crippen molar-refractivity contribution in [1.82, 2.24) is 0 Å². The van der Waals surface area contributed by atoms with Crippen molar-refractivity contribution in [1.29, 1.82) is 0 Å². The second-order valence-corrected chi connectivity index (χ2v) is 8.83. The van der Waals surface area contributed by atoms with Gasteiger partial charge in [0.1, 0.15) is 5.82 Å². The van der Waals surface area contributed by atoms with Crippen LogP contribution in [0.4, 0.5) is 4.39 Å². The first kappa shape index (κ1) is 17.5. The Hall–Kier alpha value is -0.890. The maximum absolute atomic E-state index is 13.7.